The van der Waals surface area contributed by atoms with Crippen molar-refractivity contribution in [1.82, 2.24) is 4.90 Å². The van der Waals surface area contributed by atoms with Crippen molar-refractivity contribution in [2.24, 2.45) is 0 Å². The lowest BCUT2D eigenvalue weighted by molar-refractivity contribution is -0.136. The lowest BCUT2D eigenvalue weighted by Crippen LogP contribution is -2.31. The molecule has 0 spiro atoms. The van der Waals surface area contributed by atoms with E-state index in [0.29, 0.717) is 11.3 Å². The molecule has 1 heterocycles. The molecular weight excluding hydrogens is 324 g/mol. The van der Waals surface area contributed by atoms with Crippen molar-refractivity contribution in [3.8, 4) is 5.75 Å². The molecule has 1 aliphatic heterocycles. The number of carbonyl (C=O) groups is 2. The number of nitrogens with zero attached hydrogens (tertiary/aromatic N) is 1. The molecule has 0 atom stereocenters. The molecule has 0 radical (unpaired) electrons. The third-order valence-corrected chi connectivity index (χ3v) is 3.91. The molecular formula is C15H17ClN2O5. The van der Waals surface area contributed by atoms with Gasteiger partial charge in [-0.05, 0) is 18.6 Å². The predicted molar refractivity (Wildman–Crippen MR) is 84.2 cm³/mol. The van der Waals surface area contributed by atoms with E-state index in [2.05, 4.69) is 10.1 Å². The van der Waals surface area contributed by atoms with Gasteiger partial charge >= 0.3 is 5.97 Å². The number of ether oxygens (including phenoxy) is 1. The van der Waals surface area contributed by atoms with Gasteiger partial charge in [-0.25, -0.2) is 4.79 Å². The van der Waals surface area contributed by atoms with Crippen LogP contribution in [0, 0.1) is 6.92 Å². The molecule has 1 aliphatic rings. The van der Waals surface area contributed by atoms with Crippen LogP contribution in [0.15, 0.2) is 23.4 Å². The summed E-state index contributed by atoms with van der Waals surface area (Å²) in [6.07, 6.45) is 0. The number of phenols is 1. The first-order valence-electron chi connectivity index (χ1n) is 6.87. The summed E-state index contributed by atoms with van der Waals surface area (Å²) < 4.78 is 4.69. The zero-order valence-corrected chi connectivity index (χ0v) is 13.5. The minimum Gasteiger partial charge on any atom is -0.506 e. The normalized spacial score (nSPS) is 14.4. The SMILES string of the molecule is COC(=O)C1=C(Nc2ccc(C)c(O)c2Cl)C(=O)N(CCO)C1. The first-order chi connectivity index (χ1) is 10.9. The van der Waals surface area contributed by atoms with Crippen molar-refractivity contribution in [1.29, 1.82) is 0 Å². The van der Waals surface area contributed by atoms with Crippen LogP contribution in [-0.2, 0) is 14.3 Å². The Morgan fingerprint density at radius 1 is 1.48 bits per heavy atom. The Bertz CT molecular complexity index is 687. The largest absolute Gasteiger partial charge is 0.506 e. The van der Waals surface area contributed by atoms with Crippen LogP contribution in [0.4, 0.5) is 5.69 Å². The highest BCUT2D eigenvalue weighted by Gasteiger charge is 2.34. The minimum atomic E-state index is -0.645. The number of hydrogen-bond donors (Lipinski definition) is 3. The van der Waals surface area contributed by atoms with Gasteiger partial charge in [0.25, 0.3) is 5.91 Å². The fraction of sp³-hybridized carbons (Fsp3) is 0.333. The molecule has 0 aliphatic carbocycles. The lowest BCUT2D eigenvalue weighted by Gasteiger charge is -2.15. The molecule has 0 saturated heterocycles. The number of phenolic OH excluding ortho intramolecular Hbond substituents is 1. The Labute approximate surface area is 138 Å². The topological polar surface area (TPSA) is 99.1 Å². The maximum absolute atomic E-state index is 12.4. The summed E-state index contributed by atoms with van der Waals surface area (Å²) in [4.78, 5) is 25.6. The molecule has 1 aromatic carbocycles. The third kappa shape index (κ3) is 3.25. The average molecular weight is 341 g/mol. The Morgan fingerprint density at radius 2 is 2.17 bits per heavy atom. The van der Waals surface area contributed by atoms with E-state index in [4.69, 9.17) is 16.7 Å². The molecule has 1 amide bonds. The maximum atomic E-state index is 12.4. The van der Waals surface area contributed by atoms with Crippen molar-refractivity contribution < 1.29 is 24.5 Å². The number of esters is 1. The van der Waals surface area contributed by atoms with Gasteiger partial charge in [0.05, 0.1) is 31.5 Å². The number of β-amino-alcohol motifs (C(OH)–C–C–N with tert-alkyl or cyclic N) is 1. The second kappa shape index (κ2) is 6.89. The third-order valence-electron chi connectivity index (χ3n) is 3.53. The molecule has 0 aromatic heterocycles. The average Bonchev–Trinajstić information content (AvgIpc) is 2.84. The summed E-state index contributed by atoms with van der Waals surface area (Å²) in [6, 6.07) is 3.23. The monoisotopic (exact) mass is 340 g/mol. The van der Waals surface area contributed by atoms with Gasteiger partial charge in [-0.1, -0.05) is 17.7 Å². The second-order valence-corrected chi connectivity index (χ2v) is 5.39. The van der Waals surface area contributed by atoms with Crippen molar-refractivity contribution >= 4 is 29.2 Å². The highest BCUT2D eigenvalue weighted by Crippen LogP contribution is 2.35. The molecule has 0 saturated carbocycles. The van der Waals surface area contributed by atoms with Gasteiger partial charge < -0.3 is 25.2 Å². The number of aliphatic hydroxyl groups is 1. The maximum Gasteiger partial charge on any atom is 0.337 e. The lowest BCUT2D eigenvalue weighted by atomic mass is 10.2. The second-order valence-electron chi connectivity index (χ2n) is 5.01. The highest BCUT2D eigenvalue weighted by atomic mass is 35.5. The Hall–Kier alpha value is -2.25. The number of halogens is 1. The standard InChI is InChI=1S/C15H17ClN2O5/c1-8-3-4-10(11(16)13(8)20)17-12-9(15(22)23-2)7-18(5-6-19)14(12)21/h3-4,17,19-20H,5-7H2,1-2H3. The first-order valence-corrected chi connectivity index (χ1v) is 7.25. The number of aryl methyl sites for hydroxylation is 1. The fourth-order valence-electron chi connectivity index (χ4n) is 2.24. The van der Waals surface area contributed by atoms with Crippen molar-refractivity contribution in [3.05, 3.63) is 34.0 Å². The van der Waals surface area contributed by atoms with E-state index >= 15 is 0 Å². The smallest absolute Gasteiger partial charge is 0.337 e. The van der Waals surface area contributed by atoms with Crippen LogP contribution in [0.3, 0.4) is 0 Å². The number of nitrogens with one attached hydrogen (secondary N) is 1. The fourth-order valence-corrected chi connectivity index (χ4v) is 2.50. The minimum absolute atomic E-state index is 0.0236. The van der Waals surface area contributed by atoms with Gasteiger partial charge in [-0.15, -0.1) is 0 Å². The number of benzene rings is 1. The molecule has 124 valence electrons. The molecule has 7 nitrogen and oxygen atoms in total. The molecule has 0 unspecified atom stereocenters. The van der Waals surface area contributed by atoms with Crippen LogP contribution in [0.25, 0.3) is 0 Å². The summed E-state index contributed by atoms with van der Waals surface area (Å²) >= 11 is 6.07. The number of methoxy groups -OCH3 is 1. The number of rotatable bonds is 5. The van der Waals surface area contributed by atoms with E-state index in [1.165, 1.54) is 12.0 Å². The van der Waals surface area contributed by atoms with Crippen molar-refractivity contribution in [2.45, 2.75) is 6.92 Å². The van der Waals surface area contributed by atoms with Crippen LogP contribution in [0.5, 0.6) is 5.75 Å². The van der Waals surface area contributed by atoms with Gasteiger partial charge in [0.1, 0.15) is 16.5 Å². The van der Waals surface area contributed by atoms with Gasteiger partial charge in [0.2, 0.25) is 0 Å². The number of amides is 1. The Morgan fingerprint density at radius 3 is 2.78 bits per heavy atom. The summed E-state index contributed by atoms with van der Waals surface area (Å²) in [5, 5.41) is 21.7. The van der Waals surface area contributed by atoms with Gasteiger partial charge in [0, 0.05) is 6.54 Å². The molecule has 3 N–H and O–H groups in total. The molecule has 0 bridgehead atoms. The van der Waals surface area contributed by atoms with E-state index in [1.54, 1.807) is 19.1 Å². The first kappa shape index (κ1) is 17.1. The molecule has 8 heteroatoms. The van der Waals surface area contributed by atoms with Gasteiger partial charge in [-0.2, -0.15) is 0 Å². The zero-order valence-electron chi connectivity index (χ0n) is 12.7. The van der Waals surface area contributed by atoms with Crippen LogP contribution < -0.4 is 5.32 Å². The van der Waals surface area contributed by atoms with Crippen molar-refractivity contribution in [2.75, 3.05) is 32.1 Å². The summed E-state index contributed by atoms with van der Waals surface area (Å²) in [5.41, 5.74) is 1.05. The van der Waals surface area contributed by atoms with Gasteiger partial charge in [-0.3, -0.25) is 4.79 Å². The number of aliphatic hydroxyl groups excluding tert-OH is 1. The van der Waals surface area contributed by atoms with Gasteiger partial charge in [0.15, 0.2) is 0 Å². The van der Waals surface area contributed by atoms with Crippen molar-refractivity contribution in [3.63, 3.8) is 0 Å². The summed E-state index contributed by atoms with van der Waals surface area (Å²) in [6.45, 7) is 1.59. The number of carbonyl (C=O) groups excluding carboxylic acids is 2. The zero-order chi connectivity index (χ0) is 17.1. The predicted octanol–water partition coefficient (Wildman–Crippen LogP) is 1.03. The van der Waals surface area contributed by atoms with E-state index < -0.39 is 11.9 Å². The Kier molecular flexibility index (Phi) is 5.12. The van der Waals surface area contributed by atoms with E-state index in [0.717, 1.165) is 0 Å². The summed E-state index contributed by atoms with van der Waals surface area (Å²) in [5.74, 6) is -1.20. The number of anilines is 1. The van der Waals surface area contributed by atoms with E-state index in [9.17, 15) is 14.7 Å². The molecule has 23 heavy (non-hydrogen) atoms. The molecule has 1 aromatic rings. The summed E-state index contributed by atoms with van der Waals surface area (Å²) in [7, 11) is 1.22. The van der Waals surface area contributed by atoms with Crippen LogP contribution in [0.2, 0.25) is 5.02 Å². The quantitative estimate of drug-likeness (QED) is 0.692. The molecule has 2 rings (SSSR count). The van der Waals surface area contributed by atoms with Crippen LogP contribution >= 0.6 is 11.6 Å². The number of aromatic hydroxyl groups is 1. The molecule has 0 fully saturated rings. The van der Waals surface area contributed by atoms with Crippen LogP contribution in [0.1, 0.15) is 5.56 Å². The highest BCUT2D eigenvalue weighted by molar-refractivity contribution is 6.35. The number of hydrogen-bond acceptors (Lipinski definition) is 6. The Balaban J connectivity index is 2.39. The van der Waals surface area contributed by atoms with E-state index in [1.807, 2.05) is 0 Å². The van der Waals surface area contributed by atoms with E-state index in [-0.39, 0.29) is 41.7 Å². The van der Waals surface area contributed by atoms with Crippen LogP contribution in [-0.4, -0.2) is 53.8 Å².